The number of unbranched alkanes of at least 4 members (excludes halogenated alkanes) is 29. The number of carbonyl (C=O) groups excluding carboxylic acids is 2. The summed E-state index contributed by atoms with van der Waals surface area (Å²) >= 11 is 0. The van der Waals surface area contributed by atoms with Crippen molar-refractivity contribution in [2.24, 2.45) is 0 Å². The van der Waals surface area contributed by atoms with Crippen LogP contribution in [0.25, 0.3) is 0 Å². The summed E-state index contributed by atoms with van der Waals surface area (Å²) in [7, 11) is 5.97. The second kappa shape index (κ2) is 61.3. The van der Waals surface area contributed by atoms with Crippen LogP contribution in [0, 0.1) is 0 Å². The first-order chi connectivity index (χ1) is 39.1. The highest BCUT2D eigenvalue weighted by Gasteiger charge is 2.25. The monoisotopic (exact) mass is 1120 g/mol. The predicted octanol–water partition coefficient (Wildman–Crippen LogP) is 20.1. The van der Waals surface area contributed by atoms with E-state index >= 15 is 0 Å². The molecule has 0 aliphatic carbocycles. The zero-order valence-electron chi connectivity index (χ0n) is 52.5. The van der Waals surface area contributed by atoms with Crippen LogP contribution in [0.1, 0.15) is 277 Å². The number of carboxylic acids is 1. The van der Waals surface area contributed by atoms with E-state index in [4.69, 9.17) is 18.9 Å². The highest BCUT2D eigenvalue weighted by atomic mass is 16.7. The number of esters is 2. The second-order valence-corrected chi connectivity index (χ2v) is 23.1. The molecule has 9 nitrogen and oxygen atoms in total. The van der Waals surface area contributed by atoms with Gasteiger partial charge in [0, 0.05) is 12.8 Å². The van der Waals surface area contributed by atoms with Crippen molar-refractivity contribution in [1.82, 2.24) is 0 Å². The van der Waals surface area contributed by atoms with Gasteiger partial charge < -0.3 is 28.5 Å². The molecule has 0 rings (SSSR count). The fourth-order valence-corrected chi connectivity index (χ4v) is 9.09. The van der Waals surface area contributed by atoms with Crippen LogP contribution in [0.15, 0.2) is 97.2 Å². The number of aliphatic carboxylic acids is 1. The molecule has 0 aromatic rings. The second-order valence-electron chi connectivity index (χ2n) is 23.1. The van der Waals surface area contributed by atoms with Crippen LogP contribution in [0.3, 0.4) is 0 Å². The van der Waals surface area contributed by atoms with Crippen LogP contribution in [0.5, 0.6) is 0 Å². The van der Waals surface area contributed by atoms with Crippen molar-refractivity contribution in [1.29, 1.82) is 0 Å². The fraction of sp³-hybridized carbons (Fsp3) is 0.732. The normalized spacial score (nSPS) is 13.4. The number of hydrogen-bond donors (Lipinski definition) is 1. The molecule has 0 heterocycles. The molecule has 0 amide bonds. The molecule has 0 aromatic carbocycles. The number of carbonyl (C=O) groups is 3. The Kier molecular flexibility index (Phi) is 58.4. The summed E-state index contributed by atoms with van der Waals surface area (Å²) in [5, 5.41) is 9.71. The van der Waals surface area contributed by atoms with Gasteiger partial charge >= 0.3 is 17.9 Å². The topological polar surface area (TPSA) is 108 Å². The van der Waals surface area contributed by atoms with Gasteiger partial charge in [0.25, 0.3) is 6.29 Å². The van der Waals surface area contributed by atoms with Gasteiger partial charge in [-0.2, -0.15) is 0 Å². The number of nitrogens with zero attached hydrogens (tertiary/aromatic N) is 1. The molecule has 2 unspecified atom stereocenters. The van der Waals surface area contributed by atoms with E-state index in [1.807, 2.05) is 21.1 Å². The van der Waals surface area contributed by atoms with Crippen molar-refractivity contribution in [3.05, 3.63) is 97.2 Å². The van der Waals surface area contributed by atoms with Crippen molar-refractivity contribution in [2.45, 2.75) is 289 Å². The number of likely N-dealkylation sites (N-methyl/N-ethyl adjacent to an activating group) is 1. The number of quaternary nitrogens is 1. The van der Waals surface area contributed by atoms with E-state index in [0.717, 1.165) is 89.9 Å². The lowest BCUT2D eigenvalue weighted by atomic mass is 10.0. The molecule has 460 valence electrons. The minimum absolute atomic E-state index is 0.180. The summed E-state index contributed by atoms with van der Waals surface area (Å²) in [5.74, 6) is -1.99. The van der Waals surface area contributed by atoms with Gasteiger partial charge in [-0.25, -0.2) is 4.79 Å². The molecule has 1 N–H and O–H groups in total. The Morgan fingerprint density at radius 3 is 1.06 bits per heavy atom. The van der Waals surface area contributed by atoms with Gasteiger partial charge in [0.05, 0.1) is 34.4 Å². The van der Waals surface area contributed by atoms with Crippen LogP contribution >= 0.6 is 0 Å². The maximum Gasteiger partial charge on any atom is 0.361 e. The molecule has 9 heteroatoms. The third-order valence-electron chi connectivity index (χ3n) is 14.1. The van der Waals surface area contributed by atoms with Gasteiger partial charge in [-0.05, 0) is 77.0 Å². The number of rotatable bonds is 60. The Hall–Kier alpha value is -3.79. The lowest BCUT2D eigenvalue weighted by molar-refractivity contribution is -0.870. The SMILES string of the molecule is CC/C=C\C/C=C\C/C=C\C/C=C\C/C=C\C/C=C\C/C=C\C/C=C\CCCCCCCCCCCCCCCCCCC(=O)OC(COC(=O)CCCCCCCCCCCCCCCC)COC(OCC[N+](C)(C)C)C(=O)O. The zero-order valence-corrected chi connectivity index (χ0v) is 52.5. The first kappa shape index (κ1) is 76.2. The molecule has 0 radical (unpaired) electrons. The average molecular weight is 1120 g/mol. The Bertz CT molecular complexity index is 1630. The summed E-state index contributed by atoms with van der Waals surface area (Å²) in [6.07, 6.45) is 80.9. The van der Waals surface area contributed by atoms with Crippen molar-refractivity contribution in [3.8, 4) is 0 Å². The standard InChI is InChI=1S/C71H123NO8/c1-6-8-10-12-14-16-18-20-22-23-24-25-26-27-28-29-30-31-32-33-34-35-36-37-38-39-40-41-42-43-44-45-46-47-48-50-52-54-56-58-60-62-69(74)80-67(66-79-71(70(75)76)77-64-63-72(3,4)5)65-78-68(73)61-59-57-55-53-51-49-21-19-17-15-13-11-9-7-2/h8,10,14,16,20,22,24-25,27-28,30-31,33-34,36-37,67,71H,6-7,9,11-13,15,17-19,21,23,26,29,32,35,38-66H2,1-5H3/p+1/b10-8-,16-14-,22-20-,25-24-,28-27-,31-30-,34-33-,37-36-. The van der Waals surface area contributed by atoms with Crippen LogP contribution in [0.2, 0.25) is 0 Å². The molecule has 2 atom stereocenters. The maximum atomic E-state index is 12.9. The molecular formula is C71H124NO8+. The summed E-state index contributed by atoms with van der Waals surface area (Å²) in [5.41, 5.74) is 0. The Morgan fingerprint density at radius 1 is 0.388 bits per heavy atom. The van der Waals surface area contributed by atoms with Gasteiger partial charge in [-0.1, -0.05) is 284 Å². The summed E-state index contributed by atoms with van der Waals surface area (Å²) in [6, 6.07) is 0. The van der Waals surface area contributed by atoms with Gasteiger partial charge in [0.2, 0.25) is 0 Å². The third-order valence-corrected chi connectivity index (χ3v) is 14.1. The van der Waals surface area contributed by atoms with E-state index in [1.54, 1.807) is 0 Å². The van der Waals surface area contributed by atoms with Crippen LogP contribution in [-0.4, -0.2) is 87.4 Å². The Morgan fingerprint density at radius 2 is 0.713 bits per heavy atom. The van der Waals surface area contributed by atoms with Crippen LogP contribution in [-0.2, 0) is 33.3 Å². The van der Waals surface area contributed by atoms with E-state index in [1.165, 1.54) is 161 Å². The largest absolute Gasteiger partial charge is 0.477 e. The highest BCUT2D eigenvalue weighted by molar-refractivity contribution is 5.71. The lowest BCUT2D eigenvalue weighted by Gasteiger charge is -2.25. The van der Waals surface area contributed by atoms with E-state index < -0.39 is 24.3 Å². The number of ether oxygens (including phenoxy) is 4. The predicted molar refractivity (Wildman–Crippen MR) is 341 cm³/mol. The van der Waals surface area contributed by atoms with Gasteiger partial charge in [0.15, 0.2) is 6.10 Å². The van der Waals surface area contributed by atoms with E-state index in [0.29, 0.717) is 17.4 Å². The van der Waals surface area contributed by atoms with Crippen molar-refractivity contribution in [3.63, 3.8) is 0 Å². The first-order valence-electron chi connectivity index (χ1n) is 32.9. The van der Waals surface area contributed by atoms with Crippen molar-refractivity contribution in [2.75, 3.05) is 47.5 Å². The number of carboxylic acid groups (broad SMARTS) is 1. The Labute approximate surface area is 492 Å². The fourth-order valence-electron chi connectivity index (χ4n) is 9.09. The van der Waals surface area contributed by atoms with E-state index in [9.17, 15) is 19.5 Å². The van der Waals surface area contributed by atoms with Gasteiger partial charge in [0.1, 0.15) is 13.2 Å². The summed E-state index contributed by atoms with van der Waals surface area (Å²) in [4.78, 5) is 37.4. The van der Waals surface area contributed by atoms with Gasteiger partial charge in [-0.15, -0.1) is 0 Å². The molecule has 80 heavy (non-hydrogen) atoms. The molecule has 0 aromatic heterocycles. The highest BCUT2D eigenvalue weighted by Crippen LogP contribution is 2.17. The summed E-state index contributed by atoms with van der Waals surface area (Å²) < 4.78 is 22.9. The van der Waals surface area contributed by atoms with Crippen molar-refractivity contribution >= 4 is 17.9 Å². The molecule has 0 bridgehead atoms. The minimum atomic E-state index is -1.51. The average Bonchev–Trinajstić information content (AvgIpc) is 3.43. The van der Waals surface area contributed by atoms with Gasteiger partial charge in [-0.3, -0.25) is 9.59 Å². The molecule has 0 spiro atoms. The summed E-state index contributed by atoms with van der Waals surface area (Å²) in [6.45, 7) is 4.78. The zero-order chi connectivity index (χ0) is 58.3. The molecule has 0 aliphatic heterocycles. The maximum absolute atomic E-state index is 12.9. The van der Waals surface area contributed by atoms with E-state index in [-0.39, 0.29) is 32.2 Å². The number of hydrogen-bond acceptors (Lipinski definition) is 7. The quantitative estimate of drug-likeness (QED) is 0.0211. The third kappa shape index (κ3) is 61.8. The van der Waals surface area contributed by atoms with Crippen LogP contribution < -0.4 is 0 Å². The minimum Gasteiger partial charge on any atom is -0.477 e. The molecular weight excluding hydrogens is 995 g/mol. The van der Waals surface area contributed by atoms with Crippen molar-refractivity contribution < 1.29 is 42.9 Å². The van der Waals surface area contributed by atoms with Crippen LogP contribution in [0.4, 0.5) is 0 Å². The molecule has 0 saturated heterocycles. The molecule has 0 fully saturated rings. The smallest absolute Gasteiger partial charge is 0.361 e. The first-order valence-corrected chi connectivity index (χ1v) is 32.9. The van der Waals surface area contributed by atoms with E-state index in [2.05, 4.69) is 111 Å². The molecule has 0 saturated carbocycles. The lowest BCUT2D eigenvalue weighted by Crippen LogP contribution is -2.40. The Balaban J connectivity index is 4.02. The molecule has 0 aliphatic rings. The number of allylic oxidation sites excluding steroid dienone is 16.